The Morgan fingerprint density at radius 1 is 1.04 bits per heavy atom. The van der Waals surface area contributed by atoms with Crippen LogP contribution in [0.2, 0.25) is 0 Å². The molecule has 0 radical (unpaired) electrons. The van der Waals surface area contributed by atoms with E-state index in [1.54, 1.807) is 22.8 Å². The van der Waals surface area contributed by atoms with Crippen LogP contribution in [0.5, 0.6) is 5.75 Å². The first kappa shape index (κ1) is 17.9. The first-order valence-electron chi connectivity index (χ1n) is 7.84. The van der Waals surface area contributed by atoms with Crippen molar-refractivity contribution in [1.82, 2.24) is 4.57 Å². The Bertz CT molecular complexity index is 876. The predicted molar refractivity (Wildman–Crippen MR) is 101 cm³/mol. The van der Waals surface area contributed by atoms with Crippen molar-refractivity contribution in [2.24, 2.45) is 0 Å². The van der Waals surface area contributed by atoms with E-state index in [0.29, 0.717) is 12.1 Å². The molecule has 0 saturated heterocycles. The van der Waals surface area contributed by atoms with Crippen molar-refractivity contribution < 1.29 is 5.11 Å². The van der Waals surface area contributed by atoms with E-state index in [1.165, 1.54) is 5.56 Å². The van der Waals surface area contributed by atoms with E-state index >= 15 is 0 Å². The molecule has 3 aromatic rings. The highest BCUT2D eigenvalue weighted by Gasteiger charge is 2.10. The zero-order valence-corrected chi connectivity index (χ0v) is 14.3. The molecule has 3 rings (SSSR count). The first-order valence-corrected chi connectivity index (χ1v) is 7.84. The van der Waals surface area contributed by atoms with Gasteiger partial charge in [-0.2, -0.15) is 0 Å². The van der Waals surface area contributed by atoms with Gasteiger partial charge in [-0.15, -0.1) is 12.4 Å². The van der Waals surface area contributed by atoms with E-state index in [4.69, 9.17) is 0 Å². The Hall–Kier alpha value is -2.46. The number of nitrogens with one attached hydrogen (secondary N) is 1. The van der Waals surface area contributed by atoms with Crippen LogP contribution in [0, 0.1) is 0 Å². The Balaban J connectivity index is 0.00000208. The molecular weight excluding hydrogens is 324 g/mol. The monoisotopic (exact) mass is 344 g/mol. The third-order valence-electron chi connectivity index (χ3n) is 4.01. The van der Waals surface area contributed by atoms with E-state index in [1.807, 2.05) is 31.2 Å². The Labute approximate surface area is 147 Å². The van der Waals surface area contributed by atoms with Gasteiger partial charge in [0, 0.05) is 30.2 Å². The molecule has 2 N–H and O–H groups in total. The highest BCUT2D eigenvalue weighted by atomic mass is 35.5. The summed E-state index contributed by atoms with van der Waals surface area (Å²) in [6, 6.07) is 17.1. The normalized spacial score (nSPS) is 10.4. The third kappa shape index (κ3) is 3.54. The molecule has 5 heteroatoms. The molecule has 126 valence electrons. The summed E-state index contributed by atoms with van der Waals surface area (Å²) < 4.78 is 1.59. The standard InChI is InChI=1S/C19H20N2O2.ClH/c1-2-21-18(23)11-8-15-16(9-10-17(22)19(15)21)20-13-12-14-6-4-3-5-7-14;/h3-11,20,22H,2,12-13H2,1H3;1H. The lowest BCUT2D eigenvalue weighted by Gasteiger charge is -2.14. The van der Waals surface area contributed by atoms with Crippen LogP contribution < -0.4 is 10.9 Å². The minimum absolute atomic E-state index is 0. The summed E-state index contributed by atoms with van der Waals surface area (Å²) in [5.41, 5.74) is 2.69. The summed E-state index contributed by atoms with van der Waals surface area (Å²) in [6.45, 7) is 3.21. The number of pyridine rings is 1. The minimum atomic E-state index is -0.100. The van der Waals surface area contributed by atoms with Gasteiger partial charge >= 0.3 is 0 Å². The van der Waals surface area contributed by atoms with Crippen molar-refractivity contribution >= 4 is 29.0 Å². The molecule has 0 fully saturated rings. The van der Waals surface area contributed by atoms with Gasteiger partial charge in [-0.05, 0) is 37.1 Å². The molecule has 24 heavy (non-hydrogen) atoms. The zero-order valence-electron chi connectivity index (χ0n) is 13.5. The summed E-state index contributed by atoms with van der Waals surface area (Å²) in [5.74, 6) is 0.133. The van der Waals surface area contributed by atoms with Gasteiger partial charge in [-0.3, -0.25) is 4.79 Å². The lowest BCUT2D eigenvalue weighted by atomic mass is 10.1. The maximum absolute atomic E-state index is 12.0. The van der Waals surface area contributed by atoms with Gasteiger partial charge < -0.3 is 15.0 Å². The van der Waals surface area contributed by atoms with Gasteiger partial charge in [-0.25, -0.2) is 0 Å². The van der Waals surface area contributed by atoms with Crippen LogP contribution in [-0.4, -0.2) is 16.2 Å². The van der Waals surface area contributed by atoms with Crippen LogP contribution in [0.4, 0.5) is 5.69 Å². The minimum Gasteiger partial charge on any atom is -0.506 e. The second-order valence-electron chi connectivity index (χ2n) is 5.47. The first-order chi connectivity index (χ1) is 11.2. The number of aromatic hydroxyl groups is 1. The molecule has 0 aliphatic rings. The molecule has 0 spiro atoms. The van der Waals surface area contributed by atoms with Crippen molar-refractivity contribution in [3.05, 3.63) is 70.5 Å². The van der Waals surface area contributed by atoms with Crippen molar-refractivity contribution in [3.8, 4) is 5.75 Å². The van der Waals surface area contributed by atoms with Gasteiger partial charge in [0.1, 0.15) is 5.75 Å². The Kier molecular flexibility index (Phi) is 5.88. The number of phenols is 1. The lowest BCUT2D eigenvalue weighted by molar-refractivity contribution is 0.477. The summed E-state index contributed by atoms with van der Waals surface area (Å²) in [5, 5.41) is 14.4. The van der Waals surface area contributed by atoms with Crippen molar-refractivity contribution in [1.29, 1.82) is 0 Å². The number of phenolic OH excluding ortho intramolecular Hbond substituents is 1. The van der Waals surface area contributed by atoms with E-state index in [-0.39, 0.29) is 23.7 Å². The SMILES string of the molecule is CCn1c(=O)ccc2c(NCCc3ccccc3)ccc(O)c21.Cl. The molecular formula is C19H21ClN2O2. The second kappa shape index (κ2) is 7.88. The summed E-state index contributed by atoms with van der Waals surface area (Å²) in [6.07, 6.45) is 0.913. The second-order valence-corrected chi connectivity index (χ2v) is 5.47. The number of hydrogen-bond donors (Lipinski definition) is 2. The number of fused-ring (bicyclic) bond motifs is 1. The van der Waals surface area contributed by atoms with Crippen molar-refractivity contribution in [2.45, 2.75) is 19.9 Å². The molecule has 0 amide bonds. The van der Waals surface area contributed by atoms with Crippen LogP contribution in [0.15, 0.2) is 59.4 Å². The van der Waals surface area contributed by atoms with E-state index in [9.17, 15) is 9.90 Å². The van der Waals surface area contributed by atoms with Crippen LogP contribution in [0.25, 0.3) is 10.9 Å². The smallest absolute Gasteiger partial charge is 0.251 e. The molecule has 0 bridgehead atoms. The van der Waals surface area contributed by atoms with Gasteiger partial charge in [0.25, 0.3) is 5.56 Å². The molecule has 0 saturated carbocycles. The maximum atomic E-state index is 12.0. The maximum Gasteiger partial charge on any atom is 0.251 e. The van der Waals surface area contributed by atoms with Crippen LogP contribution in [-0.2, 0) is 13.0 Å². The Morgan fingerprint density at radius 3 is 2.50 bits per heavy atom. The number of rotatable bonds is 5. The Morgan fingerprint density at radius 2 is 1.79 bits per heavy atom. The molecule has 0 unspecified atom stereocenters. The van der Waals surface area contributed by atoms with Crippen LogP contribution >= 0.6 is 12.4 Å². The quantitative estimate of drug-likeness (QED) is 0.692. The van der Waals surface area contributed by atoms with E-state index in [0.717, 1.165) is 24.0 Å². The average Bonchev–Trinajstić information content (AvgIpc) is 2.58. The molecule has 0 aliphatic heterocycles. The summed E-state index contributed by atoms with van der Waals surface area (Å²) >= 11 is 0. The zero-order chi connectivity index (χ0) is 16.2. The number of aromatic nitrogens is 1. The van der Waals surface area contributed by atoms with Crippen molar-refractivity contribution in [3.63, 3.8) is 0 Å². The van der Waals surface area contributed by atoms with Crippen molar-refractivity contribution in [2.75, 3.05) is 11.9 Å². The number of anilines is 1. The molecule has 1 heterocycles. The molecule has 4 nitrogen and oxygen atoms in total. The predicted octanol–water partition coefficient (Wildman–Crippen LogP) is 3.80. The number of halogens is 1. The molecule has 0 atom stereocenters. The van der Waals surface area contributed by atoms with Gasteiger partial charge in [0.05, 0.1) is 5.52 Å². The summed E-state index contributed by atoms with van der Waals surface area (Å²) in [4.78, 5) is 12.0. The number of aryl methyl sites for hydroxylation is 1. The number of hydrogen-bond acceptors (Lipinski definition) is 3. The highest BCUT2D eigenvalue weighted by molar-refractivity contribution is 5.95. The highest BCUT2D eigenvalue weighted by Crippen LogP contribution is 2.29. The fraction of sp³-hybridized carbons (Fsp3) is 0.211. The summed E-state index contributed by atoms with van der Waals surface area (Å²) in [7, 11) is 0. The average molecular weight is 345 g/mol. The van der Waals surface area contributed by atoms with Crippen LogP contribution in [0.3, 0.4) is 0 Å². The van der Waals surface area contributed by atoms with Gasteiger partial charge in [0.2, 0.25) is 0 Å². The topological polar surface area (TPSA) is 54.3 Å². The van der Waals surface area contributed by atoms with Gasteiger partial charge in [0.15, 0.2) is 0 Å². The fourth-order valence-corrected chi connectivity index (χ4v) is 2.86. The number of benzene rings is 2. The van der Waals surface area contributed by atoms with Gasteiger partial charge in [-0.1, -0.05) is 30.3 Å². The van der Waals surface area contributed by atoms with E-state index in [2.05, 4.69) is 17.4 Å². The molecule has 0 aliphatic carbocycles. The fourth-order valence-electron chi connectivity index (χ4n) is 2.86. The molecule has 1 aromatic heterocycles. The van der Waals surface area contributed by atoms with Crippen LogP contribution in [0.1, 0.15) is 12.5 Å². The number of nitrogens with zero attached hydrogens (tertiary/aromatic N) is 1. The van der Waals surface area contributed by atoms with E-state index < -0.39 is 0 Å². The third-order valence-corrected chi connectivity index (χ3v) is 4.01. The lowest BCUT2D eigenvalue weighted by Crippen LogP contribution is -2.18. The molecule has 2 aromatic carbocycles. The largest absolute Gasteiger partial charge is 0.506 e.